The minimum absolute atomic E-state index is 0.0646. The smallest absolute Gasteiger partial charge is 0.272 e. The zero-order valence-electron chi connectivity index (χ0n) is 11.4. The summed E-state index contributed by atoms with van der Waals surface area (Å²) in [5.74, 6) is 0.0193. The van der Waals surface area contributed by atoms with Gasteiger partial charge in [0.05, 0.1) is 9.75 Å². The van der Waals surface area contributed by atoms with E-state index in [1.807, 2.05) is 13.8 Å². The van der Waals surface area contributed by atoms with Crippen LogP contribution in [0, 0.1) is 29.9 Å². The molecule has 1 aromatic rings. The summed E-state index contributed by atoms with van der Waals surface area (Å²) in [5.41, 5.74) is 1.88. The number of anilines is 1. The molecule has 0 aliphatic heterocycles. The van der Waals surface area contributed by atoms with Gasteiger partial charge in [-0.05, 0) is 31.4 Å². The van der Waals surface area contributed by atoms with Crippen LogP contribution in [0.1, 0.15) is 25.0 Å². The molecule has 0 fully saturated rings. The molecule has 0 aliphatic carbocycles. The van der Waals surface area contributed by atoms with Gasteiger partial charge in [-0.1, -0.05) is 29.8 Å². The van der Waals surface area contributed by atoms with Crippen molar-refractivity contribution >= 4 is 33.2 Å². The quantitative estimate of drug-likeness (QED) is 0.521. The van der Waals surface area contributed by atoms with Gasteiger partial charge < -0.3 is 5.32 Å². The molecule has 0 heterocycles. The molecule has 5 nitrogen and oxygen atoms in total. The Balaban J connectivity index is 3.01. The van der Waals surface area contributed by atoms with E-state index in [0.29, 0.717) is 16.8 Å². The van der Waals surface area contributed by atoms with Gasteiger partial charge in [-0.2, -0.15) is 0 Å². The lowest BCUT2D eigenvalue weighted by atomic mass is 10.1. The normalized spacial score (nSPS) is 12.3. The minimum Gasteiger partial charge on any atom is -0.325 e. The lowest BCUT2D eigenvalue weighted by Gasteiger charge is -2.15. The third-order valence-electron chi connectivity index (χ3n) is 2.83. The highest BCUT2D eigenvalue weighted by Crippen LogP contribution is 2.26. The molecule has 0 bridgehead atoms. The van der Waals surface area contributed by atoms with Crippen LogP contribution in [-0.4, -0.2) is 15.7 Å². The Morgan fingerprint density at radius 1 is 1.32 bits per heavy atom. The summed E-state index contributed by atoms with van der Waals surface area (Å²) in [7, 11) is 0. The molecule has 104 valence electrons. The second-order valence-electron chi connectivity index (χ2n) is 4.85. The molecule has 0 spiro atoms. The Bertz CT molecular complexity index is 515. The van der Waals surface area contributed by atoms with Crippen molar-refractivity contribution in [3.05, 3.63) is 33.4 Å². The summed E-state index contributed by atoms with van der Waals surface area (Å²) in [6.45, 7) is 7.27. The number of aryl methyl sites for hydroxylation is 2. The number of halogens is 1. The fourth-order valence-corrected chi connectivity index (χ4v) is 1.75. The van der Waals surface area contributed by atoms with Crippen LogP contribution in [0.5, 0.6) is 0 Å². The van der Waals surface area contributed by atoms with Crippen molar-refractivity contribution in [3.63, 3.8) is 0 Å². The Morgan fingerprint density at radius 3 is 2.37 bits per heavy atom. The summed E-state index contributed by atoms with van der Waals surface area (Å²) in [6.07, 6.45) is 0. The van der Waals surface area contributed by atoms with Gasteiger partial charge in [0.2, 0.25) is 5.91 Å². The largest absolute Gasteiger partial charge is 0.325 e. The van der Waals surface area contributed by atoms with Crippen molar-refractivity contribution in [1.29, 1.82) is 0 Å². The van der Waals surface area contributed by atoms with Crippen LogP contribution in [0.3, 0.4) is 0 Å². The Hall–Kier alpha value is -1.43. The monoisotopic (exact) mass is 328 g/mol. The molecule has 1 atom stereocenters. The SMILES string of the molecule is Cc1cc([N+](=O)[O-])c(C)cc1NC(=O)C(Br)C(C)C. The number of nitro groups is 1. The number of nitro benzene ring substituents is 1. The predicted molar refractivity (Wildman–Crippen MR) is 78.8 cm³/mol. The van der Waals surface area contributed by atoms with Crippen molar-refractivity contribution in [2.75, 3.05) is 5.32 Å². The van der Waals surface area contributed by atoms with Gasteiger partial charge in [0.15, 0.2) is 0 Å². The van der Waals surface area contributed by atoms with E-state index in [2.05, 4.69) is 21.2 Å². The van der Waals surface area contributed by atoms with Gasteiger partial charge in [-0.15, -0.1) is 0 Å². The number of hydrogen-bond donors (Lipinski definition) is 1. The Morgan fingerprint density at radius 2 is 1.89 bits per heavy atom. The number of carbonyl (C=O) groups is 1. The highest BCUT2D eigenvalue weighted by molar-refractivity contribution is 9.10. The van der Waals surface area contributed by atoms with E-state index in [4.69, 9.17) is 0 Å². The molecule has 0 saturated carbocycles. The summed E-state index contributed by atoms with van der Waals surface area (Å²) in [6, 6.07) is 3.11. The third kappa shape index (κ3) is 3.76. The van der Waals surface area contributed by atoms with Crippen molar-refractivity contribution < 1.29 is 9.72 Å². The number of carbonyl (C=O) groups excluding carboxylic acids is 1. The molecule has 1 rings (SSSR count). The maximum atomic E-state index is 11.9. The van der Waals surface area contributed by atoms with E-state index in [1.54, 1.807) is 19.9 Å². The van der Waals surface area contributed by atoms with Gasteiger partial charge in [-0.25, -0.2) is 0 Å². The lowest BCUT2D eigenvalue weighted by molar-refractivity contribution is -0.385. The van der Waals surface area contributed by atoms with Crippen molar-refractivity contribution in [1.82, 2.24) is 0 Å². The molecule has 0 aromatic heterocycles. The number of rotatable bonds is 4. The van der Waals surface area contributed by atoms with E-state index in [1.165, 1.54) is 6.07 Å². The van der Waals surface area contributed by atoms with Gasteiger partial charge in [-0.3, -0.25) is 14.9 Å². The van der Waals surface area contributed by atoms with Gasteiger partial charge in [0.25, 0.3) is 5.69 Å². The molecular formula is C13H17BrN2O3. The van der Waals surface area contributed by atoms with Gasteiger partial charge >= 0.3 is 0 Å². The molecule has 6 heteroatoms. The van der Waals surface area contributed by atoms with Crippen LogP contribution in [0.4, 0.5) is 11.4 Å². The standard InChI is InChI=1S/C13H17BrN2O3/c1-7(2)12(14)13(17)15-10-5-9(4)11(16(18)19)6-8(10)3/h5-7,12H,1-4H3,(H,15,17). The number of amides is 1. The number of benzene rings is 1. The summed E-state index contributed by atoms with van der Waals surface area (Å²) in [4.78, 5) is 22.0. The van der Waals surface area contributed by atoms with E-state index < -0.39 is 4.92 Å². The molecule has 1 unspecified atom stereocenters. The molecule has 0 radical (unpaired) electrons. The van der Waals surface area contributed by atoms with Gasteiger partial charge in [0, 0.05) is 17.3 Å². The van der Waals surface area contributed by atoms with Crippen molar-refractivity contribution in [3.8, 4) is 0 Å². The first-order valence-electron chi connectivity index (χ1n) is 5.94. The number of hydrogen-bond acceptors (Lipinski definition) is 3. The highest BCUT2D eigenvalue weighted by atomic mass is 79.9. The number of nitrogens with zero attached hydrogens (tertiary/aromatic N) is 1. The number of nitrogens with one attached hydrogen (secondary N) is 1. The topological polar surface area (TPSA) is 72.2 Å². The predicted octanol–water partition coefficient (Wildman–Crippen LogP) is 3.57. The van der Waals surface area contributed by atoms with Crippen LogP contribution in [0.2, 0.25) is 0 Å². The molecule has 1 N–H and O–H groups in total. The van der Waals surface area contributed by atoms with Crippen LogP contribution in [-0.2, 0) is 4.79 Å². The second kappa shape index (κ2) is 6.14. The third-order valence-corrected chi connectivity index (χ3v) is 4.31. The van der Waals surface area contributed by atoms with Crippen LogP contribution in [0.15, 0.2) is 12.1 Å². The zero-order valence-corrected chi connectivity index (χ0v) is 12.9. The van der Waals surface area contributed by atoms with Crippen molar-refractivity contribution in [2.45, 2.75) is 32.5 Å². The van der Waals surface area contributed by atoms with E-state index in [9.17, 15) is 14.9 Å². The Kier molecular flexibility index (Phi) is 5.05. The highest BCUT2D eigenvalue weighted by Gasteiger charge is 2.20. The molecular weight excluding hydrogens is 312 g/mol. The molecule has 1 aromatic carbocycles. The first kappa shape index (κ1) is 15.6. The van der Waals surface area contributed by atoms with Gasteiger partial charge in [0.1, 0.15) is 0 Å². The fourth-order valence-electron chi connectivity index (χ4n) is 1.64. The maximum absolute atomic E-state index is 11.9. The first-order valence-corrected chi connectivity index (χ1v) is 6.86. The summed E-state index contributed by atoms with van der Waals surface area (Å²) >= 11 is 3.33. The molecule has 19 heavy (non-hydrogen) atoms. The first-order chi connectivity index (χ1) is 8.73. The average Bonchev–Trinajstić information content (AvgIpc) is 2.31. The fraction of sp³-hybridized carbons (Fsp3) is 0.462. The van der Waals surface area contributed by atoms with Crippen LogP contribution < -0.4 is 5.32 Å². The molecule has 0 aliphatic rings. The number of alkyl halides is 1. The van der Waals surface area contributed by atoms with E-state index in [-0.39, 0.29) is 22.3 Å². The van der Waals surface area contributed by atoms with Crippen LogP contribution in [0.25, 0.3) is 0 Å². The average molecular weight is 329 g/mol. The summed E-state index contributed by atoms with van der Waals surface area (Å²) < 4.78 is 0. The minimum atomic E-state index is -0.421. The maximum Gasteiger partial charge on any atom is 0.272 e. The summed E-state index contributed by atoms with van der Waals surface area (Å²) in [5, 5.41) is 13.6. The van der Waals surface area contributed by atoms with Crippen molar-refractivity contribution in [2.24, 2.45) is 5.92 Å². The molecule has 1 amide bonds. The Labute approximate surface area is 120 Å². The van der Waals surface area contributed by atoms with E-state index >= 15 is 0 Å². The van der Waals surface area contributed by atoms with Crippen LogP contribution >= 0.6 is 15.9 Å². The molecule has 0 saturated heterocycles. The second-order valence-corrected chi connectivity index (χ2v) is 5.83. The lowest BCUT2D eigenvalue weighted by Crippen LogP contribution is -2.27. The van der Waals surface area contributed by atoms with E-state index in [0.717, 1.165) is 0 Å². The zero-order chi connectivity index (χ0) is 14.7.